The quantitative estimate of drug-likeness (QED) is 0.532. The van der Waals surface area contributed by atoms with E-state index < -0.39 is 5.97 Å². The Morgan fingerprint density at radius 2 is 2.75 bits per heavy atom. The normalized spacial score (nSPS) is 9.00. The van der Waals surface area contributed by atoms with Gasteiger partial charge in [-0.05, 0) is 0 Å². The number of hydrogen-bond acceptors (Lipinski definition) is 2. The summed E-state index contributed by atoms with van der Waals surface area (Å²) in [4.78, 5) is 9.97. The molecule has 1 aromatic rings. The molecule has 0 aromatic carbocycles. The van der Waals surface area contributed by atoms with Crippen LogP contribution in [0.2, 0.25) is 0 Å². The molecule has 0 saturated heterocycles. The van der Waals surface area contributed by atoms with E-state index in [1.807, 2.05) is 0 Å². The lowest BCUT2D eigenvalue weighted by Gasteiger charge is -1.79. The largest absolute Gasteiger partial charge is 0.477 e. The number of carboxylic acids is 1. The van der Waals surface area contributed by atoms with Crippen LogP contribution in [0.4, 0.5) is 0 Å². The van der Waals surface area contributed by atoms with Gasteiger partial charge in [0.1, 0.15) is 11.9 Å². The van der Waals surface area contributed by atoms with Crippen LogP contribution < -0.4 is 0 Å². The van der Waals surface area contributed by atoms with E-state index in [-0.39, 0.29) is 5.69 Å². The van der Waals surface area contributed by atoms with E-state index in [0.717, 1.165) is 0 Å². The van der Waals surface area contributed by atoms with Crippen LogP contribution in [-0.4, -0.2) is 21.3 Å². The minimum atomic E-state index is -1.02. The summed E-state index contributed by atoms with van der Waals surface area (Å²) in [5.74, 6) is -1.02. The molecule has 0 aliphatic heterocycles. The second-order valence-electron chi connectivity index (χ2n) is 1.22. The third kappa shape index (κ3) is 0.676. The first-order valence-corrected chi connectivity index (χ1v) is 1.95. The van der Waals surface area contributed by atoms with Crippen molar-refractivity contribution in [1.82, 2.24) is 10.2 Å². The maximum absolute atomic E-state index is 9.97. The molecule has 0 bridgehead atoms. The van der Waals surface area contributed by atoms with Gasteiger partial charge in [-0.2, -0.15) is 5.10 Å². The molecular formula is C4H3N2O2. The van der Waals surface area contributed by atoms with Crippen molar-refractivity contribution in [2.45, 2.75) is 0 Å². The molecule has 0 amide bonds. The van der Waals surface area contributed by atoms with Gasteiger partial charge in [0.05, 0.1) is 0 Å². The monoisotopic (exact) mass is 111 g/mol. The first kappa shape index (κ1) is 4.83. The Kier molecular flexibility index (Phi) is 0.997. The average molecular weight is 111 g/mol. The fourth-order valence-corrected chi connectivity index (χ4v) is 0.331. The van der Waals surface area contributed by atoms with Gasteiger partial charge in [-0.15, -0.1) is 0 Å². The molecule has 1 aromatic heterocycles. The van der Waals surface area contributed by atoms with Crippen molar-refractivity contribution in [3.8, 4) is 0 Å². The number of rotatable bonds is 1. The molecule has 0 aliphatic carbocycles. The Morgan fingerprint density at radius 3 is 3.00 bits per heavy atom. The van der Waals surface area contributed by atoms with Crippen LogP contribution in [0.25, 0.3) is 0 Å². The van der Waals surface area contributed by atoms with E-state index >= 15 is 0 Å². The third-order valence-corrected chi connectivity index (χ3v) is 0.680. The molecule has 1 radical (unpaired) electrons. The average Bonchev–Trinajstić information content (AvgIpc) is 2.12. The second-order valence-corrected chi connectivity index (χ2v) is 1.22. The molecule has 0 unspecified atom stereocenters. The van der Waals surface area contributed by atoms with Crippen LogP contribution in [0, 0.1) is 6.20 Å². The first-order valence-electron chi connectivity index (χ1n) is 1.95. The fraction of sp³-hybridized carbons (Fsp3) is 0. The summed E-state index contributed by atoms with van der Waals surface area (Å²) in [6.45, 7) is 0. The van der Waals surface area contributed by atoms with Gasteiger partial charge >= 0.3 is 5.97 Å². The standard InChI is InChI=1S/C4H3N2O2/c7-4(8)3-1-2-5-6-3/h1H,(H,5,6)(H,7,8). The lowest BCUT2D eigenvalue weighted by Crippen LogP contribution is -1.95. The second kappa shape index (κ2) is 1.65. The minimum Gasteiger partial charge on any atom is -0.477 e. The Bertz CT molecular complexity index is 180. The molecule has 0 aliphatic rings. The van der Waals surface area contributed by atoms with Gasteiger partial charge in [0.2, 0.25) is 0 Å². The van der Waals surface area contributed by atoms with Gasteiger partial charge in [0, 0.05) is 6.07 Å². The van der Waals surface area contributed by atoms with Crippen LogP contribution in [0.15, 0.2) is 6.07 Å². The van der Waals surface area contributed by atoms with Gasteiger partial charge in [-0.1, -0.05) is 0 Å². The number of nitrogens with zero attached hydrogens (tertiary/aromatic N) is 1. The fourth-order valence-electron chi connectivity index (χ4n) is 0.331. The lowest BCUT2D eigenvalue weighted by atomic mass is 10.5. The van der Waals surface area contributed by atoms with Crippen molar-refractivity contribution < 1.29 is 9.90 Å². The molecule has 8 heavy (non-hydrogen) atoms. The highest BCUT2D eigenvalue weighted by Crippen LogP contribution is 1.87. The highest BCUT2D eigenvalue weighted by molar-refractivity contribution is 5.84. The smallest absolute Gasteiger partial charge is 0.353 e. The SMILES string of the molecule is O=C(O)c1c[c]n[nH]1. The molecule has 4 heteroatoms. The van der Waals surface area contributed by atoms with E-state index in [4.69, 9.17) is 5.11 Å². The van der Waals surface area contributed by atoms with Crippen LogP contribution >= 0.6 is 0 Å². The van der Waals surface area contributed by atoms with E-state index in [1.165, 1.54) is 6.07 Å². The molecule has 1 rings (SSSR count). The number of H-pyrrole nitrogens is 1. The Hall–Kier alpha value is -1.32. The summed E-state index contributed by atoms with van der Waals surface area (Å²) in [6, 6.07) is 1.27. The summed E-state index contributed by atoms with van der Waals surface area (Å²) in [7, 11) is 0. The molecule has 4 nitrogen and oxygen atoms in total. The zero-order valence-electron chi connectivity index (χ0n) is 3.88. The molecule has 2 N–H and O–H groups in total. The summed E-state index contributed by atoms with van der Waals surface area (Å²) in [5.41, 5.74) is 0.0602. The molecule has 41 valence electrons. The van der Waals surface area contributed by atoms with Crippen molar-refractivity contribution in [1.29, 1.82) is 0 Å². The van der Waals surface area contributed by atoms with Crippen molar-refractivity contribution in [2.75, 3.05) is 0 Å². The number of aromatic amines is 1. The van der Waals surface area contributed by atoms with E-state index in [9.17, 15) is 4.79 Å². The van der Waals surface area contributed by atoms with Crippen molar-refractivity contribution >= 4 is 5.97 Å². The number of aromatic carboxylic acids is 1. The zero-order valence-corrected chi connectivity index (χ0v) is 3.88. The highest BCUT2D eigenvalue weighted by Gasteiger charge is 1.99. The van der Waals surface area contributed by atoms with Crippen LogP contribution in [0.1, 0.15) is 10.5 Å². The Morgan fingerprint density at radius 1 is 2.00 bits per heavy atom. The number of carbonyl (C=O) groups is 1. The summed E-state index contributed by atoms with van der Waals surface area (Å²) in [6.07, 6.45) is 2.32. The molecular weight excluding hydrogens is 108 g/mol. The molecule has 0 spiro atoms. The number of aromatic nitrogens is 2. The Balaban J connectivity index is 2.93. The van der Waals surface area contributed by atoms with E-state index in [1.54, 1.807) is 0 Å². The summed E-state index contributed by atoms with van der Waals surface area (Å²) in [5, 5.41) is 13.7. The maximum atomic E-state index is 9.97. The van der Waals surface area contributed by atoms with E-state index in [2.05, 4.69) is 16.4 Å². The summed E-state index contributed by atoms with van der Waals surface area (Å²) >= 11 is 0. The van der Waals surface area contributed by atoms with Crippen molar-refractivity contribution in [2.24, 2.45) is 0 Å². The molecule has 0 atom stereocenters. The third-order valence-electron chi connectivity index (χ3n) is 0.680. The van der Waals surface area contributed by atoms with Crippen LogP contribution in [0.3, 0.4) is 0 Å². The maximum Gasteiger partial charge on any atom is 0.353 e. The van der Waals surface area contributed by atoms with Crippen molar-refractivity contribution in [3.63, 3.8) is 0 Å². The molecule has 0 saturated carbocycles. The van der Waals surface area contributed by atoms with Gasteiger partial charge in [0.15, 0.2) is 0 Å². The zero-order chi connectivity index (χ0) is 5.98. The predicted octanol–water partition coefficient (Wildman–Crippen LogP) is -0.0919. The van der Waals surface area contributed by atoms with Crippen LogP contribution in [0.5, 0.6) is 0 Å². The highest BCUT2D eigenvalue weighted by atomic mass is 16.4. The topological polar surface area (TPSA) is 66.0 Å². The van der Waals surface area contributed by atoms with E-state index in [0.29, 0.717) is 0 Å². The minimum absolute atomic E-state index is 0.0602. The number of nitrogens with one attached hydrogen (secondary N) is 1. The first-order chi connectivity index (χ1) is 3.80. The predicted molar refractivity (Wildman–Crippen MR) is 24.4 cm³/mol. The van der Waals surface area contributed by atoms with Crippen LogP contribution in [-0.2, 0) is 0 Å². The number of carboxylic acid groups (broad SMARTS) is 1. The van der Waals surface area contributed by atoms with Gasteiger partial charge < -0.3 is 5.11 Å². The van der Waals surface area contributed by atoms with Gasteiger partial charge in [-0.3, -0.25) is 5.10 Å². The van der Waals surface area contributed by atoms with Gasteiger partial charge in [-0.25, -0.2) is 4.79 Å². The Labute approximate surface area is 45.1 Å². The molecule has 1 heterocycles. The summed E-state index contributed by atoms with van der Waals surface area (Å²) < 4.78 is 0. The molecule has 0 fully saturated rings. The van der Waals surface area contributed by atoms with Crippen molar-refractivity contribution in [3.05, 3.63) is 18.0 Å². The number of hydrogen-bond donors (Lipinski definition) is 2. The van der Waals surface area contributed by atoms with Gasteiger partial charge in [0.25, 0.3) is 0 Å². The lowest BCUT2D eigenvalue weighted by molar-refractivity contribution is 0.0690.